The van der Waals surface area contributed by atoms with Gasteiger partial charge in [0.25, 0.3) is 0 Å². The van der Waals surface area contributed by atoms with Gasteiger partial charge in [-0.05, 0) is 25.0 Å². The standard InChI is InChI=1S/C17H20F3N3O2/c1-4-24-13-7-5-6-12(8-13)22-16-21-9-14(17(18,19)20)15(23-16)25-10-11(2)3/h5-9,11H,4,10H2,1-3H3,(H,21,22,23). The van der Waals surface area contributed by atoms with Crippen molar-refractivity contribution < 1.29 is 22.6 Å². The van der Waals surface area contributed by atoms with Crippen LogP contribution in [0, 0.1) is 5.92 Å². The summed E-state index contributed by atoms with van der Waals surface area (Å²) in [7, 11) is 0. The molecule has 1 heterocycles. The highest BCUT2D eigenvalue weighted by molar-refractivity contribution is 5.56. The SMILES string of the molecule is CCOc1cccc(Nc2ncc(C(F)(F)F)c(OCC(C)C)n2)c1. The lowest BCUT2D eigenvalue weighted by Gasteiger charge is -2.15. The van der Waals surface area contributed by atoms with Gasteiger partial charge in [-0.3, -0.25) is 0 Å². The monoisotopic (exact) mass is 355 g/mol. The number of ether oxygens (including phenoxy) is 2. The van der Waals surface area contributed by atoms with Crippen molar-refractivity contribution in [1.82, 2.24) is 9.97 Å². The van der Waals surface area contributed by atoms with Gasteiger partial charge in [-0.25, -0.2) is 4.98 Å². The van der Waals surface area contributed by atoms with Crippen molar-refractivity contribution >= 4 is 11.6 Å². The molecule has 0 radical (unpaired) electrons. The lowest BCUT2D eigenvalue weighted by Crippen LogP contribution is -2.14. The number of hydrogen-bond donors (Lipinski definition) is 1. The van der Waals surface area contributed by atoms with Crippen LogP contribution >= 0.6 is 0 Å². The molecule has 2 aromatic rings. The molecule has 0 unspecified atom stereocenters. The van der Waals surface area contributed by atoms with E-state index in [1.165, 1.54) is 0 Å². The Morgan fingerprint density at radius 1 is 1.20 bits per heavy atom. The predicted molar refractivity (Wildman–Crippen MR) is 88.3 cm³/mol. The van der Waals surface area contributed by atoms with Crippen LogP contribution < -0.4 is 14.8 Å². The molecule has 136 valence electrons. The minimum atomic E-state index is -4.58. The van der Waals surface area contributed by atoms with Gasteiger partial charge in [0.2, 0.25) is 11.8 Å². The normalized spacial score (nSPS) is 11.5. The zero-order chi connectivity index (χ0) is 18.4. The first-order valence-electron chi connectivity index (χ1n) is 7.86. The highest BCUT2D eigenvalue weighted by Crippen LogP contribution is 2.35. The molecule has 1 aromatic heterocycles. The van der Waals surface area contributed by atoms with Crippen LogP contribution in [0.1, 0.15) is 26.3 Å². The smallest absolute Gasteiger partial charge is 0.423 e. The van der Waals surface area contributed by atoms with Crippen LogP contribution in [0.4, 0.5) is 24.8 Å². The number of rotatable bonds is 7. The molecule has 0 fully saturated rings. The molecule has 0 saturated carbocycles. The zero-order valence-corrected chi connectivity index (χ0v) is 14.2. The molecule has 0 bridgehead atoms. The van der Waals surface area contributed by atoms with Gasteiger partial charge >= 0.3 is 6.18 Å². The molecular formula is C17H20F3N3O2. The summed E-state index contributed by atoms with van der Waals surface area (Å²) in [4.78, 5) is 7.62. The van der Waals surface area contributed by atoms with Gasteiger partial charge in [0, 0.05) is 18.0 Å². The van der Waals surface area contributed by atoms with Crippen LogP contribution in [0.2, 0.25) is 0 Å². The van der Waals surface area contributed by atoms with E-state index in [1.54, 1.807) is 24.3 Å². The Kier molecular flexibility index (Phi) is 6.06. The Bertz CT molecular complexity index is 706. The number of hydrogen-bond acceptors (Lipinski definition) is 5. The maximum atomic E-state index is 13.1. The first-order valence-corrected chi connectivity index (χ1v) is 7.86. The summed E-state index contributed by atoms with van der Waals surface area (Å²) in [6.07, 6.45) is -3.86. The maximum Gasteiger partial charge on any atom is 0.423 e. The molecule has 1 N–H and O–H groups in total. The summed E-state index contributed by atoms with van der Waals surface area (Å²) in [6.45, 7) is 6.17. The third-order valence-electron chi connectivity index (χ3n) is 3.01. The average molecular weight is 355 g/mol. The second kappa shape index (κ2) is 8.04. The Morgan fingerprint density at radius 2 is 1.96 bits per heavy atom. The summed E-state index contributed by atoms with van der Waals surface area (Å²) in [5, 5.41) is 2.86. The molecule has 2 rings (SSSR count). The molecule has 0 amide bonds. The highest BCUT2D eigenvalue weighted by atomic mass is 19.4. The lowest BCUT2D eigenvalue weighted by atomic mass is 10.2. The van der Waals surface area contributed by atoms with E-state index < -0.39 is 17.6 Å². The molecule has 0 spiro atoms. The Balaban J connectivity index is 2.26. The topological polar surface area (TPSA) is 56.3 Å². The zero-order valence-electron chi connectivity index (χ0n) is 14.2. The van der Waals surface area contributed by atoms with Gasteiger partial charge in [-0.2, -0.15) is 18.2 Å². The van der Waals surface area contributed by atoms with E-state index in [0.29, 0.717) is 18.0 Å². The Labute approximate surface area is 144 Å². The fourth-order valence-electron chi connectivity index (χ4n) is 1.94. The summed E-state index contributed by atoms with van der Waals surface area (Å²) >= 11 is 0. The van der Waals surface area contributed by atoms with Gasteiger partial charge < -0.3 is 14.8 Å². The van der Waals surface area contributed by atoms with E-state index in [-0.39, 0.29) is 18.5 Å². The van der Waals surface area contributed by atoms with Crippen molar-refractivity contribution in [2.24, 2.45) is 5.92 Å². The predicted octanol–water partition coefficient (Wildman–Crippen LogP) is 4.67. The minimum absolute atomic E-state index is 0.0143. The molecule has 1 aromatic carbocycles. The Morgan fingerprint density at radius 3 is 2.60 bits per heavy atom. The van der Waals surface area contributed by atoms with E-state index in [0.717, 1.165) is 6.20 Å². The van der Waals surface area contributed by atoms with Crippen molar-refractivity contribution in [2.45, 2.75) is 26.9 Å². The third kappa shape index (κ3) is 5.51. The molecule has 0 atom stereocenters. The number of nitrogens with one attached hydrogen (secondary N) is 1. The fourth-order valence-corrected chi connectivity index (χ4v) is 1.94. The van der Waals surface area contributed by atoms with Crippen LogP contribution in [-0.2, 0) is 6.18 Å². The second-order valence-corrected chi connectivity index (χ2v) is 5.70. The van der Waals surface area contributed by atoms with E-state index in [4.69, 9.17) is 9.47 Å². The number of halogens is 3. The first-order chi connectivity index (χ1) is 11.8. The second-order valence-electron chi connectivity index (χ2n) is 5.70. The number of alkyl halides is 3. The largest absolute Gasteiger partial charge is 0.494 e. The maximum absolute atomic E-state index is 13.1. The van der Waals surface area contributed by atoms with Crippen LogP contribution in [0.5, 0.6) is 11.6 Å². The summed E-state index contributed by atoms with van der Waals surface area (Å²) in [6, 6.07) is 6.98. The van der Waals surface area contributed by atoms with Crippen molar-refractivity contribution in [3.05, 3.63) is 36.0 Å². The van der Waals surface area contributed by atoms with Gasteiger partial charge in [0.15, 0.2) is 0 Å². The van der Waals surface area contributed by atoms with Crippen molar-refractivity contribution in [2.75, 3.05) is 18.5 Å². The fraction of sp³-hybridized carbons (Fsp3) is 0.412. The van der Waals surface area contributed by atoms with Gasteiger partial charge in [0.05, 0.1) is 13.2 Å². The van der Waals surface area contributed by atoms with E-state index in [1.807, 2.05) is 20.8 Å². The van der Waals surface area contributed by atoms with Crippen LogP contribution in [0.25, 0.3) is 0 Å². The minimum Gasteiger partial charge on any atom is -0.494 e. The van der Waals surface area contributed by atoms with Crippen molar-refractivity contribution in [3.63, 3.8) is 0 Å². The first kappa shape index (κ1) is 18.8. The molecule has 0 aliphatic rings. The van der Waals surface area contributed by atoms with Crippen LogP contribution in [0.15, 0.2) is 30.5 Å². The summed E-state index contributed by atoms with van der Waals surface area (Å²) in [5.41, 5.74) is -0.401. The number of aromatic nitrogens is 2. The van der Waals surface area contributed by atoms with Gasteiger partial charge in [-0.15, -0.1) is 0 Å². The summed E-state index contributed by atoms with van der Waals surface area (Å²) < 4.78 is 49.8. The van der Waals surface area contributed by atoms with Crippen LogP contribution in [-0.4, -0.2) is 23.2 Å². The average Bonchev–Trinajstić information content (AvgIpc) is 2.52. The molecule has 0 saturated heterocycles. The number of anilines is 2. The number of nitrogens with zero attached hydrogens (tertiary/aromatic N) is 2. The number of benzene rings is 1. The Hall–Kier alpha value is -2.51. The van der Waals surface area contributed by atoms with E-state index in [2.05, 4.69) is 15.3 Å². The lowest BCUT2D eigenvalue weighted by molar-refractivity contribution is -0.139. The van der Waals surface area contributed by atoms with E-state index in [9.17, 15) is 13.2 Å². The van der Waals surface area contributed by atoms with Crippen molar-refractivity contribution in [3.8, 4) is 11.6 Å². The van der Waals surface area contributed by atoms with E-state index >= 15 is 0 Å². The molecule has 0 aliphatic heterocycles. The highest BCUT2D eigenvalue weighted by Gasteiger charge is 2.36. The van der Waals surface area contributed by atoms with Gasteiger partial charge in [0.1, 0.15) is 11.3 Å². The van der Waals surface area contributed by atoms with Crippen LogP contribution in [0.3, 0.4) is 0 Å². The molecule has 8 heteroatoms. The quantitative estimate of drug-likeness (QED) is 0.782. The molecule has 25 heavy (non-hydrogen) atoms. The van der Waals surface area contributed by atoms with Crippen molar-refractivity contribution in [1.29, 1.82) is 0 Å². The third-order valence-corrected chi connectivity index (χ3v) is 3.01. The molecular weight excluding hydrogens is 335 g/mol. The summed E-state index contributed by atoms with van der Waals surface area (Å²) in [5.74, 6) is 0.228. The molecule has 5 nitrogen and oxygen atoms in total. The van der Waals surface area contributed by atoms with Gasteiger partial charge in [-0.1, -0.05) is 19.9 Å². The molecule has 0 aliphatic carbocycles.